The molecule has 0 aromatic carbocycles. The molecule has 1 N–H and O–H groups in total. The van der Waals surface area contributed by atoms with Crippen LogP contribution in [0.25, 0.3) is 0 Å². The van der Waals surface area contributed by atoms with Gasteiger partial charge in [0.15, 0.2) is 10.7 Å². The lowest BCUT2D eigenvalue weighted by Crippen LogP contribution is -2.47. The summed E-state index contributed by atoms with van der Waals surface area (Å²) < 4.78 is 21.1. The molecule has 1 unspecified atom stereocenters. The van der Waals surface area contributed by atoms with Gasteiger partial charge in [0.05, 0.1) is 0 Å². The molecule has 0 aromatic heterocycles. The molecule has 1 atom stereocenters. The Kier molecular flexibility index (Phi) is 3.29. The Morgan fingerprint density at radius 1 is 1.36 bits per heavy atom. The van der Waals surface area contributed by atoms with E-state index in [-0.39, 0.29) is 5.37 Å². The van der Waals surface area contributed by atoms with E-state index in [1.165, 1.54) is 0 Å². The molecule has 0 radical (unpaired) electrons. The summed E-state index contributed by atoms with van der Waals surface area (Å²) in [6.07, 6.45) is 0. The van der Waals surface area contributed by atoms with Crippen molar-refractivity contribution in [2.75, 3.05) is 26.2 Å². The summed E-state index contributed by atoms with van der Waals surface area (Å²) in [4.78, 5) is 1.97. The minimum Gasteiger partial charge on any atom is -0.314 e. The zero-order chi connectivity index (χ0) is 8.27. The Hall–Kier alpha value is -0.130. The van der Waals surface area contributed by atoms with E-state index in [2.05, 4.69) is 5.32 Å². The van der Waals surface area contributed by atoms with Gasteiger partial charge in [0.1, 0.15) is 5.37 Å². The van der Waals surface area contributed by atoms with E-state index >= 15 is 0 Å². The lowest BCUT2D eigenvalue weighted by Gasteiger charge is -2.29. The van der Waals surface area contributed by atoms with E-state index in [1.54, 1.807) is 6.92 Å². The third-order valence-electron chi connectivity index (χ3n) is 1.99. The van der Waals surface area contributed by atoms with Crippen LogP contribution in [-0.4, -0.2) is 44.9 Å². The van der Waals surface area contributed by atoms with Crippen molar-refractivity contribution in [3.63, 3.8) is 0 Å². The minimum absolute atomic E-state index is 0.299. The predicted molar refractivity (Wildman–Crippen MR) is 44.2 cm³/mol. The smallest absolute Gasteiger partial charge is 0.155 e. The van der Waals surface area contributed by atoms with Crippen molar-refractivity contribution in [1.82, 2.24) is 10.2 Å². The molecule has 1 fully saturated rings. The standard InChI is InChI=1S/C6H14N2O2S/c1-6(11(9)10)8-4-2-7-3-5-8/h6-7,11H,2-5H2,1H3. The van der Waals surface area contributed by atoms with Gasteiger partial charge in [0.25, 0.3) is 0 Å². The van der Waals surface area contributed by atoms with Gasteiger partial charge < -0.3 is 5.32 Å². The average molecular weight is 178 g/mol. The van der Waals surface area contributed by atoms with Gasteiger partial charge >= 0.3 is 0 Å². The molecule has 11 heavy (non-hydrogen) atoms. The molecule has 0 saturated carbocycles. The van der Waals surface area contributed by atoms with Crippen LogP contribution >= 0.6 is 0 Å². The Bertz CT molecular complexity index is 179. The summed E-state index contributed by atoms with van der Waals surface area (Å²) >= 11 is 0. The lowest BCUT2D eigenvalue weighted by molar-refractivity contribution is 0.229. The van der Waals surface area contributed by atoms with Crippen LogP contribution in [0, 0.1) is 0 Å². The number of rotatable bonds is 2. The first kappa shape index (κ1) is 8.96. The van der Waals surface area contributed by atoms with Crippen molar-refractivity contribution < 1.29 is 8.42 Å². The van der Waals surface area contributed by atoms with Crippen LogP contribution in [0.4, 0.5) is 0 Å². The second kappa shape index (κ2) is 4.04. The van der Waals surface area contributed by atoms with Gasteiger partial charge in [-0.05, 0) is 6.92 Å². The molecule has 1 heterocycles. The Morgan fingerprint density at radius 2 is 1.91 bits per heavy atom. The van der Waals surface area contributed by atoms with Crippen molar-refractivity contribution in [1.29, 1.82) is 0 Å². The fourth-order valence-electron chi connectivity index (χ4n) is 1.19. The summed E-state index contributed by atoms with van der Waals surface area (Å²) in [5.41, 5.74) is 0. The minimum atomic E-state index is -2.29. The van der Waals surface area contributed by atoms with Gasteiger partial charge in [0, 0.05) is 26.2 Å². The number of hydrogen-bond acceptors (Lipinski definition) is 4. The zero-order valence-electron chi connectivity index (χ0n) is 6.62. The molecular formula is C6H14N2O2S. The topological polar surface area (TPSA) is 49.4 Å². The van der Waals surface area contributed by atoms with Gasteiger partial charge in [-0.15, -0.1) is 0 Å². The average Bonchev–Trinajstić information content (AvgIpc) is 2.05. The Balaban J connectivity index is 2.44. The zero-order valence-corrected chi connectivity index (χ0v) is 7.51. The van der Waals surface area contributed by atoms with Crippen molar-refractivity contribution in [3.05, 3.63) is 0 Å². The van der Waals surface area contributed by atoms with Crippen LogP contribution in [0.2, 0.25) is 0 Å². The van der Waals surface area contributed by atoms with Gasteiger partial charge in [-0.2, -0.15) is 0 Å². The highest BCUT2D eigenvalue weighted by atomic mass is 32.2. The van der Waals surface area contributed by atoms with Crippen molar-refractivity contribution >= 4 is 10.7 Å². The fourth-order valence-corrected chi connectivity index (χ4v) is 1.69. The molecule has 0 spiro atoms. The quantitative estimate of drug-likeness (QED) is 0.524. The molecule has 0 bridgehead atoms. The lowest BCUT2D eigenvalue weighted by atomic mass is 10.4. The largest absolute Gasteiger partial charge is 0.314 e. The molecule has 1 rings (SSSR count). The number of nitrogens with zero attached hydrogens (tertiary/aromatic N) is 1. The number of hydrogen-bond donors (Lipinski definition) is 2. The number of nitrogens with one attached hydrogen (secondary N) is 1. The summed E-state index contributed by atoms with van der Waals surface area (Å²) in [6.45, 7) is 5.20. The third kappa shape index (κ3) is 2.43. The highest BCUT2D eigenvalue weighted by molar-refractivity contribution is 7.73. The summed E-state index contributed by atoms with van der Waals surface area (Å²) in [5, 5.41) is 2.87. The molecule has 0 aromatic rings. The van der Waals surface area contributed by atoms with Crippen LogP contribution in [0.5, 0.6) is 0 Å². The molecule has 66 valence electrons. The molecule has 1 saturated heterocycles. The summed E-state index contributed by atoms with van der Waals surface area (Å²) in [7, 11) is -2.29. The van der Waals surface area contributed by atoms with E-state index in [9.17, 15) is 8.42 Å². The van der Waals surface area contributed by atoms with Crippen molar-refractivity contribution in [2.45, 2.75) is 12.3 Å². The maximum Gasteiger partial charge on any atom is 0.155 e. The third-order valence-corrected chi connectivity index (χ3v) is 2.92. The maximum atomic E-state index is 10.6. The molecule has 1 aliphatic heterocycles. The number of thiol groups is 1. The highest BCUT2D eigenvalue weighted by Gasteiger charge is 2.17. The van der Waals surface area contributed by atoms with Crippen LogP contribution in [0.1, 0.15) is 6.92 Å². The second-order valence-corrected chi connectivity index (χ2v) is 4.02. The maximum absolute atomic E-state index is 10.6. The molecule has 0 amide bonds. The van der Waals surface area contributed by atoms with Crippen LogP contribution in [0.15, 0.2) is 0 Å². The first-order valence-electron chi connectivity index (χ1n) is 3.80. The van der Waals surface area contributed by atoms with Gasteiger partial charge in [-0.3, -0.25) is 4.90 Å². The normalized spacial score (nSPS) is 23.8. The number of piperazine rings is 1. The van der Waals surface area contributed by atoms with Gasteiger partial charge in [0.2, 0.25) is 0 Å². The summed E-state index contributed by atoms with van der Waals surface area (Å²) in [6, 6.07) is 0. The van der Waals surface area contributed by atoms with Crippen molar-refractivity contribution in [2.24, 2.45) is 0 Å². The monoisotopic (exact) mass is 178 g/mol. The van der Waals surface area contributed by atoms with Crippen LogP contribution in [0.3, 0.4) is 0 Å². The van der Waals surface area contributed by atoms with Gasteiger partial charge in [-0.1, -0.05) is 0 Å². The second-order valence-electron chi connectivity index (χ2n) is 2.70. The SMILES string of the molecule is CC(N1CCNCC1)[SH](=O)=O. The predicted octanol–water partition coefficient (Wildman–Crippen LogP) is -1.15. The van der Waals surface area contributed by atoms with Crippen LogP contribution < -0.4 is 5.32 Å². The Labute approximate surface area is 68.5 Å². The van der Waals surface area contributed by atoms with E-state index < -0.39 is 10.7 Å². The van der Waals surface area contributed by atoms with E-state index in [1.807, 2.05) is 4.90 Å². The van der Waals surface area contributed by atoms with Crippen molar-refractivity contribution in [3.8, 4) is 0 Å². The summed E-state index contributed by atoms with van der Waals surface area (Å²) in [5.74, 6) is 0. The van der Waals surface area contributed by atoms with E-state index in [0.717, 1.165) is 26.2 Å². The highest BCUT2D eigenvalue weighted by Crippen LogP contribution is 2.00. The molecular weight excluding hydrogens is 164 g/mol. The Morgan fingerprint density at radius 3 is 2.36 bits per heavy atom. The van der Waals surface area contributed by atoms with Gasteiger partial charge in [-0.25, -0.2) is 8.42 Å². The first-order valence-corrected chi connectivity index (χ1v) is 5.05. The van der Waals surface area contributed by atoms with E-state index in [0.29, 0.717) is 0 Å². The molecule has 5 heteroatoms. The molecule has 0 aliphatic carbocycles. The fraction of sp³-hybridized carbons (Fsp3) is 1.00. The van der Waals surface area contributed by atoms with E-state index in [4.69, 9.17) is 0 Å². The molecule has 1 aliphatic rings. The molecule has 4 nitrogen and oxygen atoms in total. The van der Waals surface area contributed by atoms with Crippen LogP contribution in [-0.2, 0) is 10.7 Å². The first-order chi connectivity index (χ1) is 5.22.